The van der Waals surface area contributed by atoms with Gasteiger partial charge in [-0.05, 0) is 37.0 Å². The molecule has 1 saturated carbocycles. The summed E-state index contributed by atoms with van der Waals surface area (Å²) in [4.78, 5) is 0. The molecule has 2 nitrogen and oxygen atoms in total. The van der Waals surface area contributed by atoms with Crippen molar-refractivity contribution in [2.24, 2.45) is 0 Å². The second-order valence-corrected chi connectivity index (χ2v) is 5.66. The Labute approximate surface area is 118 Å². The minimum atomic E-state index is -0.307. The Morgan fingerprint density at radius 2 is 2.00 bits per heavy atom. The molecule has 0 atom stereocenters. The Morgan fingerprint density at radius 3 is 2.61 bits per heavy atom. The predicted octanol–water partition coefficient (Wildman–Crippen LogP) is 3.96. The minimum Gasteiger partial charge on any atom is -0.299 e. The maximum Gasteiger partial charge on any atom is 0.106 e. The second-order valence-electron chi connectivity index (χ2n) is 4.81. The molecule has 4 heteroatoms. The maximum atomic E-state index is 9.25. The van der Waals surface area contributed by atoms with E-state index in [0.717, 1.165) is 44.2 Å². The van der Waals surface area contributed by atoms with Crippen LogP contribution in [0.3, 0.4) is 0 Å². The molecule has 0 radical (unpaired) electrons. The van der Waals surface area contributed by atoms with E-state index in [4.69, 9.17) is 23.2 Å². The summed E-state index contributed by atoms with van der Waals surface area (Å²) < 4.78 is 0. The molecule has 0 saturated heterocycles. The monoisotopic (exact) mass is 282 g/mol. The van der Waals surface area contributed by atoms with Crippen molar-refractivity contribution < 1.29 is 0 Å². The molecule has 0 heterocycles. The first kappa shape index (κ1) is 13.7. The van der Waals surface area contributed by atoms with Crippen LogP contribution in [0.4, 0.5) is 0 Å². The third kappa shape index (κ3) is 3.17. The fraction of sp³-hybridized carbons (Fsp3) is 0.500. The first-order valence-corrected chi connectivity index (χ1v) is 7.01. The number of hydrogen-bond donors (Lipinski definition) is 1. The molecule has 0 spiro atoms. The molecule has 1 aromatic rings. The number of hydrogen-bond acceptors (Lipinski definition) is 2. The van der Waals surface area contributed by atoms with Crippen LogP contribution in [0.2, 0.25) is 10.0 Å². The molecule has 1 aromatic carbocycles. The van der Waals surface area contributed by atoms with Crippen molar-refractivity contribution in [3.05, 3.63) is 33.8 Å². The van der Waals surface area contributed by atoms with Gasteiger partial charge >= 0.3 is 0 Å². The van der Waals surface area contributed by atoms with Gasteiger partial charge in [-0.2, -0.15) is 5.26 Å². The van der Waals surface area contributed by atoms with E-state index in [0.29, 0.717) is 10.0 Å². The highest BCUT2D eigenvalue weighted by molar-refractivity contribution is 6.35. The van der Waals surface area contributed by atoms with Crippen LogP contribution in [0.15, 0.2) is 18.2 Å². The topological polar surface area (TPSA) is 35.8 Å². The lowest BCUT2D eigenvalue weighted by Crippen LogP contribution is -2.42. The van der Waals surface area contributed by atoms with E-state index in [1.807, 2.05) is 12.1 Å². The lowest BCUT2D eigenvalue weighted by molar-refractivity contribution is 0.426. The fourth-order valence-corrected chi connectivity index (χ4v) is 2.97. The Hall–Kier alpha value is -0.750. The molecule has 1 aliphatic rings. The molecule has 0 bridgehead atoms. The maximum absolute atomic E-state index is 9.25. The first-order valence-electron chi connectivity index (χ1n) is 6.25. The van der Waals surface area contributed by atoms with Crippen LogP contribution in [0.1, 0.15) is 31.2 Å². The van der Waals surface area contributed by atoms with E-state index in [-0.39, 0.29) is 5.54 Å². The van der Waals surface area contributed by atoms with Gasteiger partial charge in [0.1, 0.15) is 5.54 Å². The summed E-state index contributed by atoms with van der Waals surface area (Å²) >= 11 is 12.0. The number of rotatable bonds is 4. The number of nitrogens with one attached hydrogen (secondary N) is 1. The van der Waals surface area contributed by atoms with Gasteiger partial charge in [0, 0.05) is 16.6 Å². The molecule has 0 aromatic heterocycles. The summed E-state index contributed by atoms with van der Waals surface area (Å²) in [6.07, 6.45) is 5.01. The lowest BCUT2D eigenvalue weighted by atomic mass is 9.99. The van der Waals surface area contributed by atoms with Gasteiger partial charge in [-0.1, -0.05) is 42.1 Å². The van der Waals surface area contributed by atoms with Crippen LogP contribution in [0.25, 0.3) is 0 Å². The van der Waals surface area contributed by atoms with Gasteiger partial charge in [0.2, 0.25) is 0 Å². The van der Waals surface area contributed by atoms with Crippen molar-refractivity contribution >= 4 is 23.2 Å². The molecule has 0 aliphatic heterocycles. The van der Waals surface area contributed by atoms with Crippen LogP contribution in [-0.2, 0) is 6.42 Å². The molecule has 1 aliphatic carbocycles. The summed E-state index contributed by atoms with van der Waals surface area (Å²) in [7, 11) is 0. The van der Waals surface area contributed by atoms with Crippen LogP contribution in [0, 0.1) is 11.3 Å². The largest absolute Gasteiger partial charge is 0.299 e. The molecule has 96 valence electrons. The molecule has 1 fully saturated rings. The quantitative estimate of drug-likeness (QED) is 0.907. The molecule has 0 unspecified atom stereocenters. The highest BCUT2D eigenvalue weighted by Crippen LogP contribution is 2.29. The summed E-state index contributed by atoms with van der Waals surface area (Å²) in [6, 6.07) is 7.97. The molecular weight excluding hydrogens is 267 g/mol. The summed E-state index contributed by atoms with van der Waals surface area (Å²) in [5.41, 5.74) is 0.762. The zero-order valence-electron chi connectivity index (χ0n) is 10.2. The van der Waals surface area contributed by atoms with E-state index in [1.165, 1.54) is 0 Å². The lowest BCUT2D eigenvalue weighted by Gasteiger charge is -2.22. The Kier molecular flexibility index (Phi) is 4.50. The van der Waals surface area contributed by atoms with Crippen molar-refractivity contribution in [2.45, 2.75) is 37.6 Å². The normalized spacial score (nSPS) is 17.6. The highest BCUT2D eigenvalue weighted by atomic mass is 35.5. The summed E-state index contributed by atoms with van der Waals surface area (Å²) in [5, 5.41) is 14.0. The zero-order valence-corrected chi connectivity index (χ0v) is 11.7. The number of nitrogens with zero attached hydrogens (tertiary/aromatic N) is 1. The van der Waals surface area contributed by atoms with Gasteiger partial charge in [0.15, 0.2) is 0 Å². The van der Waals surface area contributed by atoms with Gasteiger partial charge in [-0.3, -0.25) is 5.32 Å². The van der Waals surface area contributed by atoms with E-state index >= 15 is 0 Å². The van der Waals surface area contributed by atoms with Crippen molar-refractivity contribution in [1.29, 1.82) is 5.26 Å². The number of benzene rings is 1. The minimum absolute atomic E-state index is 0.307. The van der Waals surface area contributed by atoms with Crippen molar-refractivity contribution in [1.82, 2.24) is 5.32 Å². The van der Waals surface area contributed by atoms with E-state index < -0.39 is 0 Å². The van der Waals surface area contributed by atoms with E-state index in [1.54, 1.807) is 6.07 Å². The molecule has 1 N–H and O–H groups in total. The van der Waals surface area contributed by atoms with Crippen molar-refractivity contribution in [3.8, 4) is 6.07 Å². The molecule has 0 amide bonds. The van der Waals surface area contributed by atoms with Crippen LogP contribution >= 0.6 is 23.2 Å². The van der Waals surface area contributed by atoms with Crippen molar-refractivity contribution in [3.63, 3.8) is 0 Å². The average molecular weight is 283 g/mol. The van der Waals surface area contributed by atoms with Gasteiger partial charge in [0.05, 0.1) is 6.07 Å². The van der Waals surface area contributed by atoms with Gasteiger partial charge in [-0.25, -0.2) is 0 Å². The van der Waals surface area contributed by atoms with Gasteiger partial charge in [-0.15, -0.1) is 0 Å². The number of halogens is 2. The standard InChI is InChI=1S/C14H16Cl2N2/c15-12-4-3-11(13(16)9-12)5-8-18-14(10-17)6-1-2-7-14/h3-4,9,18H,1-2,5-8H2. The predicted molar refractivity (Wildman–Crippen MR) is 75.0 cm³/mol. The van der Waals surface area contributed by atoms with Crippen LogP contribution < -0.4 is 5.32 Å². The Bertz CT molecular complexity index is 459. The third-order valence-corrected chi connectivity index (χ3v) is 4.13. The molecular formula is C14H16Cl2N2. The Morgan fingerprint density at radius 1 is 1.28 bits per heavy atom. The molecule has 2 rings (SSSR count). The Balaban J connectivity index is 1.90. The van der Waals surface area contributed by atoms with E-state index in [9.17, 15) is 5.26 Å². The SMILES string of the molecule is N#CC1(NCCc2ccc(Cl)cc2Cl)CCCC1. The summed E-state index contributed by atoms with van der Waals surface area (Å²) in [6.45, 7) is 0.773. The summed E-state index contributed by atoms with van der Waals surface area (Å²) in [5.74, 6) is 0. The second kappa shape index (κ2) is 5.93. The average Bonchev–Trinajstić information content (AvgIpc) is 2.81. The van der Waals surface area contributed by atoms with Gasteiger partial charge < -0.3 is 0 Å². The zero-order chi connectivity index (χ0) is 13.0. The van der Waals surface area contributed by atoms with Gasteiger partial charge in [0.25, 0.3) is 0 Å². The first-order chi connectivity index (χ1) is 8.65. The van der Waals surface area contributed by atoms with Crippen LogP contribution in [-0.4, -0.2) is 12.1 Å². The van der Waals surface area contributed by atoms with E-state index in [2.05, 4.69) is 11.4 Å². The highest BCUT2D eigenvalue weighted by Gasteiger charge is 2.32. The fourth-order valence-electron chi connectivity index (χ4n) is 2.47. The third-order valence-electron chi connectivity index (χ3n) is 3.54. The molecule has 18 heavy (non-hydrogen) atoms. The number of nitriles is 1. The van der Waals surface area contributed by atoms with Crippen molar-refractivity contribution in [2.75, 3.05) is 6.54 Å². The van der Waals surface area contributed by atoms with Crippen LogP contribution in [0.5, 0.6) is 0 Å². The smallest absolute Gasteiger partial charge is 0.106 e.